The molecular formula is C14H10N2O2. The molecule has 0 aliphatic rings. The molecule has 0 aliphatic heterocycles. The van der Waals surface area contributed by atoms with Crippen LogP contribution in [0.2, 0.25) is 0 Å². The number of hydrogen-bond donors (Lipinski definition) is 2. The average molecular weight is 238 g/mol. The lowest BCUT2D eigenvalue weighted by Crippen LogP contribution is -2.01. The summed E-state index contributed by atoms with van der Waals surface area (Å²) in [4.78, 5) is 14.7. The quantitative estimate of drug-likeness (QED) is 0.490. The molecule has 0 radical (unpaired) electrons. The number of carbonyl (C=O) groups is 1. The van der Waals surface area contributed by atoms with Crippen molar-refractivity contribution in [3.05, 3.63) is 59.4 Å². The Morgan fingerprint density at radius 1 is 1.28 bits per heavy atom. The van der Waals surface area contributed by atoms with Crippen LogP contribution in [0.3, 0.4) is 0 Å². The zero-order chi connectivity index (χ0) is 13.0. The molecule has 4 heteroatoms. The van der Waals surface area contributed by atoms with Crippen molar-refractivity contribution in [1.82, 2.24) is 4.98 Å². The van der Waals surface area contributed by atoms with E-state index >= 15 is 0 Å². The minimum Gasteiger partial charge on any atom is -0.508 e. The van der Waals surface area contributed by atoms with Crippen LogP contribution < -0.4 is 0 Å². The predicted molar refractivity (Wildman–Crippen MR) is 66.8 cm³/mol. The molecule has 1 aromatic carbocycles. The Morgan fingerprint density at radius 3 is 2.56 bits per heavy atom. The fourth-order valence-electron chi connectivity index (χ4n) is 1.50. The molecule has 18 heavy (non-hydrogen) atoms. The van der Waals surface area contributed by atoms with Gasteiger partial charge in [0.15, 0.2) is 0 Å². The monoisotopic (exact) mass is 238 g/mol. The van der Waals surface area contributed by atoms with Gasteiger partial charge in [0.2, 0.25) is 5.78 Å². The molecule has 2 aromatic rings. The number of nitrogens with one attached hydrogen (secondary N) is 1. The van der Waals surface area contributed by atoms with Gasteiger partial charge in [-0.1, -0.05) is 12.1 Å². The number of carbonyl (C=O) groups excluding carboxylic acids is 1. The highest BCUT2D eigenvalue weighted by molar-refractivity contribution is 6.13. The molecule has 0 amide bonds. The topological polar surface area (TPSA) is 76.9 Å². The van der Waals surface area contributed by atoms with Crippen molar-refractivity contribution in [2.45, 2.75) is 0 Å². The lowest BCUT2D eigenvalue weighted by molar-refractivity contribution is 0.103. The number of phenolic OH excluding ortho intramolecular Hbond substituents is 1. The summed E-state index contributed by atoms with van der Waals surface area (Å²) >= 11 is 0. The van der Waals surface area contributed by atoms with E-state index in [2.05, 4.69) is 4.98 Å². The van der Waals surface area contributed by atoms with Crippen LogP contribution in [0.1, 0.15) is 16.1 Å². The molecule has 88 valence electrons. The number of benzene rings is 1. The number of ketones is 1. The highest BCUT2D eigenvalue weighted by Gasteiger charge is 2.12. The molecule has 0 saturated heterocycles. The van der Waals surface area contributed by atoms with Crippen molar-refractivity contribution in [2.24, 2.45) is 0 Å². The summed E-state index contributed by atoms with van der Waals surface area (Å²) in [7, 11) is 0. The number of phenols is 1. The standard InChI is InChI=1S/C14H10N2O2/c15-9-11(14(18)13-2-1-7-16-13)8-10-3-5-12(17)6-4-10/h1-8,16-17H/b11-8-. The van der Waals surface area contributed by atoms with Crippen molar-refractivity contribution in [2.75, 3.05) is 0 Å². The molecule has 1 heterocycles. The van der Waals surface area contributed by atoms with Gasteiger partial charge in [-0.15, -0.1) is 0 Å². The number of nitriles is 1. The minimum absolute atomic E-state index is 0.0446. The number of aromatic amines is 1. The summed E-state index contributed by atoms with van der Waals surface area (Å²) in [5.74, 6) is -0.211. The van der Waals surface area contributed by atoms with Crippen LogP contribution in [0.5, 0.6) is 5.75 Å². The second-order valence-electron chi connectivity index (χ2n) is 3.67. The van der Waals surface area contributed by atoms with Crippen LogP contribution in [0, 0.1) is 11.3 Å². The third-order valence-electron chi connectivity index (χ3n) is 2.41. The predicted octanol–water partition coefficient (Wildman–Crippen LogP) is 2.51. The SMILES string of the molecule is N#C/C(=C/c1ccc(O)cc1)C(=O)c1ccc[nH]1. The summed E-state index contributed by atoms with van der Waals surface area (Å²) in [6.07, 6.45) is 3.12. The van der Waals surface area contributed by atoms with Crippen LogP contribution in [0.15, 0.2) is 48.2 Å². The summed E-state index contributed by atoms with van der Waals surface area (Å²) in [6, 6.07) is 11.5. The number of aromatic hydroxyl groups is 1. The molecular weight excluding hydrogens is 228 g/mol. The average Bonchev–Trinajstić information content (AvgIpc) is 2.91. The van der Waals surface area contributed by atoms with E-state index in [0.717, 1.165) is 0 Å². The first-order valence-corrected chi connectivity index (χ1v) is 5.29. The summed E-state index contributed by atoms with van der Waals surface area (Å²) in [6.45, 7) is 0. The third-order valence-corrected chi connectivity index (χ3v) is 2.41. The smallest absolute Gasteiger partial charge is 0.219 e. The molecule has 0 unspecified atom stereocenters. The number of allylic oxidation sites excluding steroid dienone is 1. The van der Waals surface area contributed by atoms with E-state index in [9.17, 15) is 4.79 Å². The Balaban J connectivity index is 2.32. The molecule has 0 fully saturated rings. The molecule has 2 N–H and O–H groups in total. The lowest BCUT2D eigenvalue weighted by atomic mass is 10.1. The fraction of sp³-hybridized carbons (Fsp3) is 0. The van der Waals surface area contributed by atoms with E-state index in [1.165, 1.54) is 18.2 Å². The van der Waals surface area contributed by atoms with Gasteiger partial charge in [-0.2, -0.15) is 5.26 Å². The van der Waals surface area contributed by atoms with Gasteiger partial charge in [-0.3, -0.25) is 4.79 Å². The first kappa shape index (κ1) is 11.7. The van der Waals surface area contributed by atoms with Crippen LogP contribution in [-0.2, 0) is 0 Å². The Morgan fingerprint density at radius 2 is 2.00 bits per heavy atom. The number of H-pyrrole nitrogens is 1. The zero-order valence-corrected chi connectivity index (χ0v) is 9.42. The molecule has 0 bridgehead atoms. The van der Waals surface area contributed by atoms with Gasteiger partial charge in [-0.05, 0) is 35.9 Å². The number of nitrogens with zero attached hydrogens (tertiary/aromatic N) is 1. The fourth-order valence-corrected chi connectivity index (χ4v) is 1.50. The summed E-state index contributed by atoms with van der Waals surface area (Å²) in [5, 5.41) is 18.2. The highest BCUT2D eigenvalue weighted by atomic mass is 16.3. The molecule has 0 atom stereocenters. The second-order valence-corrected chi connectivity index (χ2v) is 3.67. The number of rotatable bonds is 3. The van der Waals surface area contributed by atoms with Crippen LogP contribution in [-0.4, -0.2) is 15.9 Å². The zero-order valence-electron chi connectivity index (χ0n) is 9.42. The van der Waals surface area contributed by atoms with E-state index < -0.39 is 0 Å². The largest absolute Gasteiger partial charge is 0.508 e. The van der Waals surface area contributed by atoms with Gasteiger partial charge in [0.25, 0.3) is 0 Å². The maximum Gasteiger partial charge on any atom is 0.219 e. The maximum atomic E-state index is 11.9. The Kier molecular flexibility index (Phi) is 3.26. The van der Waals surface area contributed by atoms with E-state index in [4.69, 9.17) is 10.4 Å². The normalized spacial score (nSPS) is 10.9. The number of Topliss-reactive ketones (excluding diaryl/α,β-unsaturated/α-hetero) is 1. The Hall–Kier alpha value is -2.80. The summed E-state index contributed by atoms with van der Waals surface area (Å²) < 4.78 is 0. The highest BCUT2D eigenvalue weighted by Crippen LogP contribution is 2.14. The molecule has 4 nitrogen and oxygen atoms in total. The van der Waals surface area contributed by atoms with E-state index in [-0.39, 0.29) is 17.1 Å². The molecule has 0 saturated carbocycles. The van der Waals surface area contributed by atoms with Crippen LogP contribution in [0.25, 0.3) is 6.08 Å². The first-order valence-electron chi connectivity index (χ1n) is 5.29. The Labute approximate surface area is 104 Å². The molecule has 1 aromatic heterocycles. The van der Waals surface area contributed by atoms with Gasteiger partial charge in [-0.25, -0.2) is 0 Å². The van der Waals surface area contributed by atoms with E-state index in [1.54, 1.807) is 30.5 Å². The molecule has 0 spiro atoms. The van der Waals surface area contributed by atoms with E-state index in [1.807, 2.05) is 6.07 Å². The second kappa shape index (κ2) is 5.02. The van der Waals surface area contributed by atoms with Crippen LogP contribution in [0.4, 0.5) is 0 Å². The van der Waals surface area contributed by atoms with Gasteiger partial charge >= 0.3 is 0 Å². The Bertz CT molecular complexity index is 617. The number of aromatic nitrogens is 1. The van der Waals surface area contributed by atoms with Crippen molar-refractivity contribution >= 4 is 11.9 Å². The van der Waals surface area contributed by atoms with Crippen molar-refractivity contribution in [1.29, 1.82) is 5.26 Å². The van der Waals surface area contributed by atoms with Gasteiger partial charge < -0.3 is 10.1 Å². The maximum absolute atomic E-state index is 11.9. The van der Waals surface area contributed by atoms with Gasteiger partial charge in [0.1, 0.15) is 17.4 Å². The van der Waals surface area contributed by atoms with Crippen LogP contribution >= 0.6 is 0 Å². The van der Waals surface area contributed by atoms with Crippen molar-refractivity contribution in [3.8, 4) is 11.8 Å². The minimum atomic E-state index is -0.351. The van der Waals surface area contributed by atoms with Gasteiger partial charge in [0.05, 0.1) is 5.69 Å². The van der Waals surface area contributed by atoms with E-state index in [0.29, 0.717) is 11.3 Å². The first-order chi connectivity index (χ1) is 8.70. The molecule has 0 aliphatic carbocycles. The third kappa shape index (κ3) is 2.47. The molecule has 2 rings (SSSR count). The summed E-state index contributed by atoms with van der Waals surface area (Å²) in [5.41, 5.74) is 1.11. The van der Waals surface area contributed by atoms with Gasteiger partial charge in [0, 0.05) is 6.20 Å². The lowest BCUT2D eigenvalue weighted by Gasteiger charge is -1.97. The number of hydrogen-bond acceptors (Lipinski definition) is 3. The van der Waals surface area contributed by atoms with Crippen molar-refractivity contribution < 1.29 is 9.90 Å². The van der Waals surface area contributed by atoms with Crippen molar-refractivity contribution in [3.63, 3.8) is 0 Å².